The minimum Gasteiger partial charge on any atom is -0.456 e. The van der Waals surface area contributed by atoms with Crippen molar-refractivity contribution in [2.75, 3.05) is 4.90 Å². The summed E-state index contributed by atoms with van der Waals surface area (Å²) in [5.74, 6) is 0. The highest BCUT2D eigenvalue weighted by Gasteiger charge is 2.19. The number of aromatic nitrogens is 1. The zero-order valence-corrected chi connectivity index (χ0v) is 32.1. The predicted octanol–water partition coefficient (Wildman–Crippen LogP) is 15.8. The van der Waals surface area contributed by atoms with Crippen LogP contribution in [0.25, 0.3) is 93.2 Å². The van der Waals surface area contributed by atoms with Gasteiger partial charge in [-0.25, -0.2) is 0 Å². The highest BCUT2D eigenvalue weighted by atomic mass is 16.3. The normalized spacial score (nSPS) is 11.7. The number of nitrogens with zero attached hydrogens (tertiary/aromatic N) is 2. The zero-order valence-electron chi connectivity index (χ0n) is 32.1. The van der Waals surface area contributed by atoms with Crippen LogP contribution in [0.5, 0.6) is 0 Å². The van der Waals surface area contributed by atoms with Gasteiger partial charge in [0.2, 0.25) is 0 Å². The van der Waals surface area contributed by atoms with Gasteiger partial charge in [-0.05, 0) is 117 Å². The van der Waals surface area contributed by atoms with Crippen LogP contribution in [0.3, 0.4) is 0 Å². The van der Waals surface area contributed by atoms with Crippen LogP contribution in [0.2, 0.25) is 0 Å². The monoisotopic (exact) mass is 752 g/mol. The average molecular weight is 753 g/mol. The molecular formula is C56H36N2O. The maximum absolute atomic E-state index is 6.36. The molecule has 0 unspecified atom stereocenters. The van der Waals surface area contributed by atoms with E-state index in [1.807, 2.05) is 12.1 Å². The second-order valence-electron chi connectivity index (χ2n) is 15.3. The Morgan fingerprint density at radius 1 is 0.339 bits per heavy atom. The molecule has 3 heteroatoms. The molecule has 0 aliphatic carbocycles. The van der Waals surface area contributed by atoms with Crippen molar-refractivity contribution in [3.8, 4) is 27.9 Å². The number of anilines is 3. The van der Waals surface area contributed by atoms with Crippen molar-refractivity contribution < 1.29 is 4.42 Å². The van der Waals surface area contributed by atoms with E-state index < -0.39 is 0 Å². The van der Waals surface area contributed by atoms with E-state index in [9.17, 15) is 0 Å². The number of benzene rings is 10. The van der Waals surface area contributed by atoms with Crippen LogP contribution in [0.4, 0.5) is 17.1 Å². The molecule has 0 spiro atoms. The van der Waals surface area contributed by atoms with Crippen molar-refractivity contribution in [1.29, 1.82) is 0 Å². The van der Waals surface area contributed by atoms with E-state index in [1.165, 1.54) is 49.0 Å². The fourth-order valence-electron chi connectivity index (χ4n) is 9.22. The summed E-state index contributed by atoms with van der Waals surface area (Å²) in [7, 11) is 0. The number of rotatable bonds is 6. The number of para-hydroxylation sites is 3. The van der Waals surface area contributed by atoms with E-state index in [0.29, 0.717) is 0 Å². The van der Waals surface area contributed by atoms with Crippen LogP contribution < -0.4 is 4.90 Å². The third-order valence-electron chi connectivity index (χ3n) is 12.0. The van der Waals surface area contributed by atoms with Gasteiger partial charge in [-0.2, -0.15) is 0 Å². The number of furan rings is 1. The molecule has 0 bridgehead atoms. The molecule has 59 heavy (non-hydrogen) atoms. The molecule has 0 amide bonds. The van der Waals surface area contributed by atoms with Crippen molar-refractivity contribution >= 4 is 82.4 Å². The van der Waals surface area contributed by atoms with Gasteiger partial charge in [0.1, 0.15) is 11.2 Å². The summed E-state index contributed by atoms with van der Waals surface area (Å²) in [6, 6.07) is 78.7. The molecule has 3 nitrogen and oxygen atoms in total. The summed E-state index contributed by atoms with van der Waals surface area (Å²) >= 11 is 0. The number of fused-ring (bicyclic) bond motifs is 9. The van der Waals surface area contributed by atoms with Crippen molar-refractivity contribution in [1.82, 2.24) is 4.57 Å². The van der Waals surface area contributed by atoms with Gasteiger partial charge < -0.3 is 13.9 Å². The summed E-state index contributed by atoms with van der Waals surface area (Å²) in [6.45, 7) is 0. The first-order valence-electron chi connectivity index (χ1n) is 20.2. The lowest BCUT2D eigenvalue weighted by molar-refractivity contribution is 0.668. The van der Waals surface area contributed by atoms with E-state index in [2.05, 4.69) is 216 Å². The van der Waals surface area contributed by atoms with Crippen LogP contribution in [-0.4, -0.2) is 4.57 Å². The van der Waals surface area contributed by atoms with E-state index in [-0.39, 0.29) is 0 Å². The van der Waals surface area contributed by atoms with Gasteiger partial charge in [-0.3, -0.25) is 0 Å². The molecule has 0 atom stereocenters. The molecule has 10 aromatic carbocycles. The van der Waals surface area contributed by atoms with Crippen LogP contribution in [-0.2, 0) is 0 Å². The molecule has 0 saturated carbocycles. The van der Waals surface area contributed by atoms with Crippen molar-refractivity contribution in [2.24, 2.45) is 0 Å². The van der Waals surface area contributed by atoms with Gasteiger partial charge in [0.15, 0.2) is 0 Å². The lowest BCUT2D eigenvalue weighted by Crippen LogP contribution is -2.09. The van der Waals surface area contributed by atoms with E-state index in [0.717, 1.165) is 61.3 Å². The number of hydrogen-bond donors (Lipinski definition) is 0. The Morgan fingerprint density at radius 3 is 1.88 bits per heavy atom. The standard InChI is InChI=1S/C56H36N2O/c1-2-14-42(15-3-1)57(43-29-26-37(27-30-43)39-28-32-47-41(34-39)25-24-38-12-4-5-17-46(38)47)44-16-10-13-40(35-44)48-20-11-22-53-56(48)51-19-6-8-21-52(51)58(53)45-31-33-50-49-18-7-9-23-54(49)59-55(50)36-45/h1-36H. The van der Waals surface area contributed by atoms with Gasteiger partial charge in [-0.15, -0.1) is 0 Å². The molecule has 0 aliphatic rings. The Morgan fingerprint density at radius 2 is 0.983 bits per heavy atom. The first-order chi connectivity index (χ1) is 29.2. The van der Waals surface area contributed by atoms with Gasteiger partial charge in [0.25, 0.3) is 0 Å². The second-order valence-corrected chi connectivity index (χ2v) is 15.3. The van der Waals surface area contributed by atoms with Gasteiger partial charge in [-0.1, -0.05) is 140 Å². The van der Waals surface area contributed by atoms with Gasteiger partial charge in [0.05, 0.1) is 11.0 Å². The summed E-state index contributed by atoms with van der Waals surface area (Å²) in [4.78, 5) is 2.35. The fraction of sp³-hybridized carbons (Fsp3) is 0. The largest absolute Gasteiger partial charge is 0.456 e. The van der Waals surface area contributed by atoms with Crippen LogP contribution in [0, 0.1) is 0 Å². The molecular weight excluding hydrogens is 717 g/mol. The molecule has 12 rings (SSSR count). The average Bonchev–Trinajstić information content (AvgIpc) is 3.85. The Hall–Kier alpha value is -7.88. The third kappa shape index (κ3) is 5.44. The maximum atomic E-state index is 6.36. The Kier molecular flexibility index (Phi) is 7.54. The maximum Gasteiger partial charge on any atom is 0.137 e. The van der Waals surface area contributed by atoms with Gasteiger partial charge in [0, 0.05) is 50.4 Å². The Labute approximate surface area is 341 Å². The van der Waals surface area contributed by atoms with Crippen molar-refractivity contribution in [3.05, 3.63) is 218 Å². The Bertz CT molecular complexity index is 3560. The zero-order chi connectivity index (χ0) is 38.9. The van der Waals surface area contributed by atoms with Crippen molar-refractivity contribution in [2.45, 2.75) is 0 Å². The first-order valence-corrected chi connectivity index (χ1v) is 20.2. The third-order valence-corrected chi connectivity index (χ3v) is 12.0. The number of hydrogen-bond acceptors (Lipinski definition) is 2. The topological polar surface area (TPSA) is 21.3 Å². The molecule has 2 aromatic heterocycles. The molecule has 0 N–H and O–H groups in total. The summed E-state index contributed by atoms with van der Waals surface area (Å²) in [5, 5.41) is 9.79. The van der Waals surface area contributed by atoms with E-state index in [1.54, 1.807) is 0 Å². The molecule has 276 valence electrons. The van der Waals surface area contributed by atoms with Gasteiger partial charge >= 0.3 is 0 Å². The summed E-state index contributed by atoms with van der Waals surface area (Å²) in [5.41, 5.74) is 13.2. The minimum atomic E-state index is 0.888. The molecule has 0 aliphatic heterocycles. The van der Waals surface area contributed by atoms with E-state index >= 15 is 0 Å². The van der Waals surface area contributed by atoms with Crippen LogP contribution in [0.15, 0.2) is 223 Å². The molecule has 12 aromatic rings. The molecule has 0 saturated heterocycles. The highest BCUT2D eigenvalue weighted by Crippen LogP contribution is 2.42. The van der Waals surface area contributed by atoms with Crippen LogP contribution in [0.1, 0.15) is 0 Å². The minimum absolute atomic E-state index is 0.888. The predicted molar refractivity (Wildman–Crippen MR) is 249 cm³/mol. The molecule has 0 radical (unpaired) electrons. The van der Waals surface area contributed by atoms with E-state index in [4.69, 9.17) is 4.42 Å². The smallest absolute Gasteiger partial charge is 0.137 e. The molecule has 0 fully saturated rings. The summed E-state index contributed by atoms with van der Waals surface area (Å²) in [6.07, 6.45) is 0. The second kappa shape index (κ2) is 13.4. The quantitative estimate of drug-likeness (QED) is 0.158. The fourth-order valence-corrected chi connectivity index (χ4v) is 9.22. The highest BCUT2D eigenvalue weighted by molar-refractivity contribution is 6.16. The Balaban J connectivity index is 0.960. The molecule has 2 heterocycles. The summed E-state index contributed by atoms with van der Waals surface area (Å²) < 4.78 is 8.73. The lowest BCUT2D eigenvalue weighted by Gasteiger charge is -2.26. The lowest BCUT2D eigenvalue weighted by atomic mass is 9.97. The first kappa shape index (κ1) is 33.3. The SMILES string of the molecule is c1ccc(N(c2ccc(-c3ccc4c(ccc5ccccc54)c3)cc2)c2cccc(-c3cccc4c3c3ccccc3n4-c3ccc4c(c3)oc3ccccc34)c2)cc1. The van der Waals surface area contributed by atoms with Crippen molar-refractivity contribution in [3.63, 3.8) is 0 Å². The van der Waals surface area contributed by atoms with Crippen LogP contribution >= 0.6 is 0 Å².